The first-order valence-corrected chi connectivity index (χ1v) is 15.9. The largest absolute Gasteiger partial charge is 0.384 e. The molecule has 12 heteroatoms. The van der Waals surface area contributed by atoms with Gasteiger partial charge in [-0.3, -0.25) is 9.48 Å². The van der Waals surface area contributed by atoms with Crippen LogP contribution in [0.2, 0.25) is 0 Å². The summed E-state index contributed by atoms with van der Waals surface area (Å²) in [6.45, 7) is 5.25. The van der Waals surface area contributed by atoms with Crippen molar-refractivity contribution in [3.05, 3.63) is 52.3 Å². The highest BCUT2D eigenvalue weighted by molar-refractivity contribution is 7.89. The number of ether oxygens (including phenoxy) is 1. The lowest BCUT2D eigenvalue weighted by molar-refractivity contribution is 0.102. The summed E-state index contributed by atoms with van der Waals surface area (Å²) in [7, 11) is 0.0293. The number of sulfonamides is 1. The number of aryl methyl sites for hydroxylation is 4. The van der Waals surface area contributed by atoms with Crippen LogP contribution in [0.4, 0.5) is 11.6 Å². The Balaban J connectivity index is 1.33. The van der Waals surface area contributed by atoms with Gasteiger partial charge >= 0.3 is 0 Å². The number of hydrogen-bond donors (Lipinski definition) is 2. The maximum atomic E-state index is 13.5. The first-order chi connectivity index (χ1) is 19.7. The lowest BCUT2D eigenvalue weighted by atomic mass is 9.93. The molecule has 3 aromatic rings. The molecule has 1 aliphatic heterocycles. The predicted molar refractivity (Wildman–Crippen MR) is 159 cm³/mol. The number of aromatic nitrogens is 4. The minimum absolute atomic E-state index is 0.00649. The third kappa shape index (κ3) is 6.00. The predicted octanol–water partition coefficient (Wildman–Crippen LogP) is 3.21. The summed E-state index contributed by atoms with van der Waals surface area (Å²) in [6, 6.07) is 6.19. The number of rotatable bonds is 10. The lowest BCUT2D eigenvalue weighted by Crippen LogP contribution is -2.43. The van der Waals surface area contributed by atoms with Gasteiger partial charge in [-0.25, -0.2) is 22.7 Å². The van der Waals surface area contributed by atoms with Crippen LogP contribution < -0.4 is 10.6 Å². The van der Waals surface area contributed by atoms with Crippen molar-refractivity contribution < 1.29 is 17.9 Å². The lowest BCUT2D eigenvalue weighted by Gasteiger charge is -2.31. The van der Waals surface area contributed by atoms with Crippen LogP contribution in [-0.2, 0) is 47.5 Å². The zero-order valence-electron chi connectivity index (χ0n) is 24.2. The third-order valence-electron chi connectivity index (χ3n) is 8.06. The number of piperidine rings is 1. The van der Waals surface area contributed by atoms with Crippen LogP contribution in [-0.4, -0.2) is 77.0 Å². The Hall–Kier alpha value is -3.35. The fourth-order valence-electron chi connectivity index (χ4n) is 5.76. The number of para-hydroxylation sites is 1. The molecule has 0 saturated carbocycles. The monoisotopic (exact) mass is 581 g/mol. The zero-order chi connectivity index (χ0) is 29.1. The molecule has 2 aromatic heterocycles. The normalized spacial score (nSPS) is 15.8. The number of carbonyl (C=O) groups excluding carboxylic acids is 1. The average Bonchev–Trinajstić information content (AvgIpc) is 3.33. The Bertz CT molecular complexity index is 1510. The van der Waals surface area contributed by atoms with Crippen LogP contribution in [0.3, 0.4) is 0 Å². The number of methoxy groups -OCH3 is 1. The molecular formula is C29H39N7O4S. The average molecular weight is 582 g/mol. The standard InChI is InChI=1S/C29H39N7O4S/c1-5-19-8-7-9-20(6-2)24(19)32-28(37)26-23-11-10-21-18-30-29(33-25(21)27(23)35(3)34-26)31-22-12-14-36(15-13-22)41(38,39)17-16-40-4/h7-9,18,22H,5-6,10-17H2,1-4H3,(H,32,37)(H,30,31,33). The summed E-state index contributed by atoms with van der Waals surface area (Å²) in [5.41, 5.74) is 7.04. The Morgan fingerprint density at radius 1 is 1.12 bits per heavy atom. The topological polar surface area (TPSA) is 131 Å². The number of carbonyl (C=O) groups is 1. The van der Waals surface area contributed by atoms with E-state index in [0.29, 0.717) is 44.0 Å². The zero-order valence-corrected chi connectivity index (χ0v) is 25.1. The van der Waals surface area contributed by atoms with E-state index in [0.717, 1.165) is 58.6 Å². The summed E-state index contributed by atoms with van der Waals surface area (Å²) in [5.74, 6) is 0.280. The molecule has 41 heavy (non-hydrogen) atoms. The van der Waals surface area contributed by atoms with Crippen molar-refractivity contribution in [3.8, 4) is 11.4 Å². The number of amides is 1. The molecule has 0 radical (unpaired) electrons. The summed E-state index contributed by atoms with van der Waals surface area (Å²) in [6.07, 6.45) is 6.22. The van der Waals surface area contributed by atoms with E-state index in [1.807, 2.05) is 19.3 Å². The highest BCUT2D eigenvalue weighted by atomic mass is 32.2. The number of anilines is 2. The van der Waals surface area contributed by atoms with Crippen molar-refractivity contribution in [2.45, 2.75) is 58.4 Å². The van der Waals surface area contributed by atoms with Crippen molar-refractivity contribution >= 4 is 27.6 Å². The van der Waals surface area contributed by atoms with Gasteiger partial charge in [0, 0.05) is 50.7 Å². The van der Waals surface area contributed by atoms with E-state index in [1.165, 1.54) is 11.4 Å². The molecule has 1 amide bonds. The van der Waals surface area contributed by atoms with Crippen molar-refractivity contribution in [1.82, 2.24) is 24.1 Å². The van der Waals surface area contributed by atoms with E-state index in [2.05, 4.69) is 46.7 Å². The van der Waals surface area contributed by atoms with E-state index in [-0.39, 0.29) is 24.3 Å². The van der Waals surface area contributed by atoms with E-state index in [1.54, 1.807) is 4.68 Å². The number of nitrogens with zero attached hydrogens (tertiary/aromatic N) is 5. The second-order valence-electron chi connectivity index (χ2n) is 10.6. The van der Waals surface area contributed by atoms with Crippen LogP contribution in [0.15, 0.2) is 24.4 Å². The van der Waals surface area contributed by atoms with Gasteiger partial charge in [-0.05, 0) is 55.2 Å². The molecule has 0 atom stereocenters. The van der Waals surface area contributed by atoms with Crippen molar-refractivity contribution in [1.29, 1.82) is 0 Å². The van der Waals surface area contributed by atoms with Gasteiger partial charge in [-0.1, -0.05) is 32.0 Å². The maximum absolute atomic E-state index is 13.5. The molecule has 1 aliphatic carbocycles. The SMILES string of the molecule is CCc1cccc(CC)c1NC(=O)c1nn(C)c2c1CCc1cnc(NC3CCN(S(=O)(=O)CCOC)CC3)nc1-2. The summed E-state index contributed by atoms with van der Waals surface area (Å²) < 4.78 is 33.2. The fourth-order valence-corrected chi connectivity index (χ4v) is 7.16. The molecule has 0 bridgehead atoms. The van der Waals surface area contributed by atoms with Gasteiger partial charge in [0.05, 0.1) is 23.7 Å². The number of hydrogen-bond acceptors (Lipinski definition) is 8. The number of benzene rings is 1. The minimum atomic E-state index is -3.32. The molecular weight excluding hydrogens is 542 g/mol. The second kappa shape index (κ2) is 12.3. The van der Waals surface area contributed by atoms with Crippen LogP contribution in [0.5, 0.6) is 0 Å². The van der Waals surface area contributed by atoms with Gasteiger partial charge in [-0.15, -0.1) is 0 Å². The van der Waals surface area contributed by atoms with Gasteiger partial charge in [-0.2, -0.15) is 5.10 Å². The highest BCUT2D eigenvalue weighted by Crippen LogP contribution is 2.35. The second-order valence-corrected chi connectivity index (χ2v) is 12.7. The summed E-state index contributed by atoms with van der Waals surface area (Å²) >= 11 is 0. The first kappa shape index (κ1) is 29.2. The van der Waals surface area contributed by atoms with Crippen LogP contribution >= 0.6 is 0 Å². The van der Waals surface area contributed by atoms with E-state index < -0.39 is 10.0 Å². The molecule has 220 valence electrons. The van der Waals surface area contributed by atoms with Crippen molar-refractivity contribution in [2.24, 2.45) is 7.05 Å². The minimum Gasteiger partial charge on any atom is -0.384 e. The van der Waals surface area contributed by atoms with Gasteiger partial charge in [0.15, 0.2) is 5.69 Å². The Morgan fingerprint density at radius 3 is 2.49 bits per heavy atom. The van der Waals surface area contributed by atoms with Gasteiger partial charge in [0.1, 0.15) is 0 Å². The van der Waals surface area contributed by atoms with E-state index >= 15 is 0 Å². The van der Waals surface area contributed by atoms with Gasteiger partial charge < -0.3 is 15.4 Å². The summed E-state index contributed by atoms with van der Waals surface area (Å²) in [4.78, 5) is 23.0. The van der Waals surface area contributed by atoms with E-state index in [4.69, 9.17) is 9.72 Å². The third-order valence-corrected chi connectivity index (χ3v) is 9.89. The molecule has 2 N–H and O–H groups in total. The van der Waals surface area contributed by atoms with Crippen LogP contribution in [0.1, 0.15) is 59.4 Å². The van der Waals surface area contributed by atoms with Crippen molar-refractivity contribution in [2.75, 3.05) is 43.2 Å². The quantitative estimate of drug-likeness (QED) is 0.373. The van der Waals surface area contributed by atoms with E-state index in [9.17, 15) is 13.2 Å². The Labute approximate surface area is 241 Å². The summed E-state index contributed by atoms with van der Waals surface area (Å²) in [5, 5.41) is 11.2. The first-order valence-electron chi connectivity index (χ1n) is 14.3. The molecule has 3 heterocycles. The fraction of sp³-hybridized carbons (Fsp3) is 0.517. The van der Waals surface area contributed by atoms with Crippen LogP contribution in [0, 0.1) is 0 Å². The van der Waals surface area contributed by atoms with Gasteiger partial charge in [0.2, 0.25) is 16.0 Å². The Kier molecular flexibility index (Phi) is 8.71. The van der Waals surface area contributed by atoms with Crippen molar-refractivity contribution in [3.63, 3.8) is 0 Å². The molecule has 2 aliphatic rings. The smallest absolute Gasteiger partial charge is 0.276 e. The molecule has 1 fully saturated rings. The van der Waals surface area contributed by atoms with Gasteiger partial charge in [0.25, 0.3) is 5.91 Å². The molecule has 1 saturated heterocycles. The molecule has 0 unspecified atom stereocenters. The molecule has 11 nitrogen and oxygen atoms in total. The number of nitrogens with one attached hydrogen (secondary N) is 2. The van der Waals surface area contributed by atoms with Crippen LogP contribution in [0.25, 0.3) is 11.4 Å². The molecule has 0 spiro atoms. The molecule has 5 rings (SSSR count). The number of fused-ring (bicyclic) bond motifs is 3. The molecule has 1 aromatic carbocycles. The maximum Gasteiger partial charge on any atom is 0.276 e. The Morgan fingerprint density at radius 2 is 1.83 bits per heavy atom. The highest BCUT2D eigenvalue weighted by Gasteiger charge is 2.31.